The number of pyridine rings is 1. The first-order valence-corrected chi connectivity index (χ1v) is 8.93. The minimum absolute atomic E-state index is 0.103. The van der Waals surface area contributed by atoms with Gasteiger partial charge in [-0.05, 0) is 45.0 Å². The monoisotopic (exact) mass is 415 g/mol. The summed E-state index contributed by atoms with van der Waals surface area (Å²) >= 11 is 0. The SMILES string of the molecule is COC(=O)c1ccc(CN(N)/C=C(\N)c2ccc(NC(=O)OC(C)(C)C)nc2)nn1. The number of hydrazine groups is 1. The number of nitrogens with two attached hydrogens (primary N) is 2. The third-order valence-electron chi connectivity index (χ3n) is 3.49. The molecule has 0 atom stereocenters. The molecule has 0 fully saturated rings. The van der Waals surface area contributed by atoms with Crippen LogP contribution < -0.4 is 16.9 Å². The minimum atomic E-state index is -0.605. The van der Waals surface area contributed by atoms with Gasteiger partial charge in [-0.3, -0.25) is 5.32 Å². The smallest absolute Gasteiger partial charge is 0.413 e. The molecule has 0 aliphatic heterocycles. The van der Waals surface area contributed by atoms with Crippen LogP contribution in [0.3, 0.4) is 0 Å². The van der Waals surface area contributed by atoms with Crippen LogP contribution in [-0.4, -0.2) is 45.0 Å². The largest absolute Gasteiger partial charge is 0.464 e. The predicted octanol–water partition coefficient (Wildman–Crippen LogP) is 1.64. The molecule has 0 saturated heterocycles. The maximum atomic E-state index is 11.8. The van der Waals surface area contributed by atoms with Crippen LogP contribution in [0.15, 0.2) is 36.7 Å². The van der Waals surface area contributed by atoms with Crippen LogP contribution >= 0.6 is 0 Å². The maximum Gasteiger partial charge on any atom is 0.413 e. The number of anilines is 1. The molecule has 2 rings (SSSR count). The summed E-state index contributed by atoms with van der Waals surface area (Å²) in [7, 11) is 1.27. The standard InChI is InChI=1S/C19H25N7O4/c1-19(2,3)30-18(28)23-16-8-5-12(9-22-16)14(20)11-26(21)10-13-6-7-15(25-24-13)17(27)29-4/h5-9,11H,10,20-21H2,1-4H3,(H,22,23,28)/b14-11-. The molecule has 0 radical (unpaired) electrons. The Balaban J connectivity index is 1.97. The molecule has 0 aromatic carbocycles. The van der Waals surface area contributed by atoms with E-state index in [-0.39, 0.29) is 12.2 Å². The number of carbonyl (C=O) groups is 2. The Morgan fingerprint density at radius 1 is 1.20 bits per heavy atom. The van der Waals surface area contributed by atoms with Crippen molar-refractivity contribution in [1.82, 2.24) is 20.2 Å². The van der Waals surface area contributed by atoms with Crippen molar-refractivity contribution in [3.05, 3.63) is 53.6 Å². The van der Waals surface area contributed by atoms with Crippen LogP contribution in [0.2, 0.25) is 0 Å². The fourth-order valence-corrected chi connectivity index (χ4v) is 2.19. The molecule has 0 aliphatic carbocycles. The van der Waals surface area contributed by atoms with Crippen molar-refractivity contribution in [3.63, 3.8) is 0 Å². The number of nitrogens with one attached hydrogen (secondary N) is 1. The van der Waals surface area contributed by atoms with E-state index < -0.39 is 17.7 Å². The van der Waals surface area contributed by atoms with Crippen LogP contribution in [-0.2, 0) is 16.0 Å². The van der Waals surface area contributed by atoms with E-state index >= 15 is 0 Å². The maximum absolute atomic E-state index is 11.8. The highest BCUT2D eigenvalue weighted by atomic mass is 16.6. The molecule has 0 unspecified atom stereocenters. The molecular weight excluding hydrogens is 390 g/mol. The topological polar surface area (TPSA) is 159 Å². The Morgan fingerprint density at radius 2 is 1.93 bits per heavy atom. The van der Waals surface area contributed by atoms with Crippen LogP contribution in [0.4, 0.5) is 10.6 Å². The lowest BCUT2D eigenvalue weighted by molar-refractivity contribution is 0.0590. The quantitative estimate of drug-likeness (QED) is 0.359. The van der Waals surface area contributed by atoms with E-state index in [2.05, 4.69) is 25.2 Å². The van der Waals surface area contributed by atoms with Gasteiger partial charge in [-0.1, -0.05) is 0 Å². The van der Waals surface area contributed by atoms with E-state index in [4.69, 9.17) is 16.3 Å². The summed E-state index contributed by atoms with van der Waals surface area (Å²) in [6, 6.07) is 6.39. The minimum Gasteiger partial charge on any atom is -0.464 e. The molecule has 2 aromatic heterocycles. The van der Waals surface area contributed by atoms with Crippen molar-refractivity contribution in [2.24, 2.45) is 11.6 Å². The highest BCUT2D eigenvalue weighted by Gasteiger charge is 2.16. The van der Waals surface area contributed by atoms with E-state index in [1.165, 1.54) is 30.6 Å². The van der Waals surface area contributed by atoms with E-state index in [1.54, 1.807) is 39.0 Å². The molecule has 5 N–H and O–H groups in total. The Kier molecular flexibility index (Phi) is 7.26. The molecule has 0 aliphatic rings. The lowest BCUT2D eigenvalue weighted by Crippen LogP contribution is -2.27. The first-order valence-electron chi connectivity index (χ1n) is 8.93. The molecule has 0 spiro atoms. The average molecular weight is 415 g/mol. The van der Waals surface area contributed by atoms with Gasteiger partial charge in [0.15, 0.2) is 5.69 Å². The zero-order chi connectivity index (χ0) is 22.3. The number of amides is 1. The summed E-state index contributed by atoms with van der Waals surface area (Å²) in [5.41, 5.74) is 7.04. The molecule has 11 heteroatoms. The Bertz CT molecular complexity index is 906. The first kappa shape index (κ1) is 22.6. The van der Waals surface area contributed by atoms with E-state index in [0.717, 1.165) is 0 Å². The Morgan fingerprint density at radius 3 is 2.47 bits per heavy atom. The number of ether oxygens (including phenoxy) is 2. The molecule has 11 nitrogen and oxygen atoms in total. The van der Waals surface area contributed by atoms with Crippen molar-refractivity contribution < 1.29 is 19.1 Å². The summed E-state index contributed by atoms with van der Waals surface area (Å²) < 4.78 is 9.74. The summed E-state index contributed by atoms with van der Waals surface area (Å²) in [5.74, 6) is 5.70. The van der Waals surface area contributed by atoms with Gasteiger partial charge in [0.25, 0.3) is 0 Å². The number of carbonyl (C=O) groups excluding carboxylic acids is 2. The van der Waals surface area contributed by atoms with Crippen LogP contribution in [0, 0.1) is 0 Å². The van der Waals surface area contributed by atoms with Gasteiger partial charge in [0.2, 0.25) is 0 Å². The van der Waals surface area contributed by atoms with Crippen molar-refractivity contribution in [2.45, 2.75) is 32.9 Å². The van der Waals surface area contributed by atoms with E-state index in [0.29, 0.717) is 22.8 Å². The zero-order valence-corrected chi connectivity index (χ0v) is 17.2. The highest BCUT2D eigenvalue weighted by Crippen LogP contribution is 2.13. The highest BCUT2D eigenvalue weighted by molar-refractivity contribution is 5.86. The third-order valence-corrected chi connectivity index (χ3v) is 3.49. The third kappa shape index (κ3) is 7.02. The molecule has 2 aromatic rings. The number of rotatable bonds is 6. The van der Waals surface area contributed by atoms with Gasteiger partial charge < -0.3 is 20.2 Å². The molecule has 0 saturated carbocycles. The van der Waals surface area contributed by atoms with Gasteiger partial charge in [0.1, 0.15) is 11.4 Å². The average Bonchev–Trinajstić information content (AvgIpc) is 2.66. The summed E-state index contributed by atoms with van der Waals surface area (Å²) in [6.07, 6.45) is 2.41. The lowest BCUT2D eigenvalue weighted by Gasteiger charge is -2.19. The lowest BCUT2D eigenvalue weighted by atomic mass is 10.2. The molecule has 160 valence electrons. The van der Waals surface area contributed by atoms with Gasteiger partial charge in [0, 0.05) is 18.0 Å². The number of hydrogen-bond acceptors (Lipinski definition) is 10. The molecule has 1 amide bonds. The molecular formula is C19H25N7O4. The molecule has 0 bridgehead atoms. The normalized spacial score (nSPS) is 11.6. The van der Waals surface area contributed by atoms with Crippen LogP contribution in [0.1, 0.15) is 42.5 Å². The fourth-order valence-electron chi connectivity index (χ4n) is 2.19. The number of hydrogen-bond donors (Lipinski definition) is 3. The van der Waals surface area contributed by atoms with Gasteiger partial charge >= 0.3 is 12.1 Å². The number of esters is 1. The second kappa shape index (κ2) is 9.65. The van der Waals surface area contributed by atoms with Gasteiger partial charge in [-0.25, -0.2) is 20.4 Å². The van der Waals surface area contributed by atoms with E-state index in [1.807, 2.05) is 0 Å². The van der Waals surface area contributed by atoms with Gasteiger partial charge in [-0.15, -0.1) is 5.10 Å². The van der Waals surface area contributed by atoms with Crippen molar-refractivity contribution in [2.75, 3.05) is 12.4 Å². The Hall–Kier alpha value is -3.73. The molecule has 2 heterocycles. The van der Waals surface area contributed by atoms with Crippen LogP contribution in [0.25, 0.3) is 5.70 Å². The van der Waals surface area contributed by atoms with Gasteiger partial charge in [0.05, 0.1) is 25.0 Å². The second-order valence-corrected chi connectivity index (χ2v) is 7.22. The summed E-state index contributed by atoms with van der Waals surface area (Å²) in [6.45, 7) is 5.52. The first-order chi connectivity index (χ1) is 14.1. The summed E-state index contributed by atoms with van der Waals surface area (Å²) in [4.78, 5) is 27.3. The van der Waals surface area contributed by atoms with Crippen molar-refractivity contribution in [1.29, 1.82) is 0 Å². The summed E-state index contributed by atoms with van der Waals surface area (Å²) in [5, 5.41) is 11.6. The Labute approximate surface area is 174 Å². The van der Waals surface area contributed by atoms with Crippen molar-refractivity contribution in [3.8, 4) is 0 Å². The predicted molar refractivity (Wildman–Crippen MR) is 109 cm³/mol. The van der Waals surface area contributed by atoms with Crippen molar-refractivity contribution >= 4 is 23.6 Å². The number of nitrogens with zero attached hydrogens (tertiary/aromatic N) is 4. The fraction of sp³-hybridized carbons (Fsp3) is 0.316. The zero-order valence-electron chi connectivity index (χ0n) is 17.2. The molecule has 30 heavy (non-hydrogen) atoms. The van der Waals surface area contributed by atoms with Crippen LogP contribution in [0.5, 0.6) is 0 Å². The second-order valence-electron chi connectivity index (χ2n) is 7.22. The van der Waals surface area contributed by atoms with E-state index in [9.17, 15) is 9.59 Å². The van der Waals surface area contributed by atoms with Gasteiger partial charge in [-0.2, -0.15) is 5.10 Å². The number of aromatic nitrogens is 3. The number of methoxy groups -OCH3 is 1.